The predicted molar refractivity (Wildman–Crippen MR) is 89.0 cm³/mol. The predicted octanol–water partition coefficient (Wildman–Crippen LogP) is -1.27. The molecule has 7 heteroatoms. The molecule has 0 spiro atoms. The molecule has 26 heavy (non-hydrogen) atoms. The summed E-state index contributed by atoms with van der Waals surface area (Å²) < 4.78 is 14.8. The van der Waals surface area contributed by atoms with Crippen LogP contribution in [0.15, 0.2) is 61.1 Å². The van der Waals surface area contributed by atoms with Gasteiger partial charge in [0.15, 0.2) is 0 Å². The first-order valence-corrected chi connectivity index (χ1v) is 7.86. The zero-order chi connectivity index (χ0) is 17.6. The topological polar surface area (TPSA) is 70.0 Å². The number of nitrogens with one attached hydrogen (secondary N) is 1. The molecule has 1 N–H and O–H groups in total. The molecule has 1 heterocycles. The van der Waals surface area contributed by atoms with Gasteiger partial charge < -0.3 is 19.8 Å². The molecular weight excluding hydrogens is 360 g/mol. The Morgan fingerprint density at radius 2 is 1.69 bits per heavy atom. The van der Waals surface area contributed by atoms with Gasteiger partial charge in [0, 0.05) is 25.8 Å². The Morgan fingerprint density at radius 1 is 1.04 bits per heavy atom. The normalized spacial score (nSPS) is 10.3. The van der Waals surface area contributed by atoms with Crippen molar-refractivity contribution in [3.8, 4) is 0 Å². The first-order chi connectivity index (χ1) is 12.1. The Labute approximate surface area is 193 Å². The van der Waals surface area contributed by atoms with E-state index >= 15 is 0 Å². The molecule has 0 radical (unpaired) electrons. The minimum atomic E-state index is -1.18. The summed E-state index contributed by atoms with van der Waals surface area (Å²) in [5.74, 6) is -1.42. The Morgan fingerprint density at radius 3 is 2.35 bits per heavy atom. The average Bonchev–Trinajstić information content (AvgIpc) is 3.04. The van der Waals surface area contributed by atoms with E-state index in [1.54, 1.807) is 30.6 Å². The molecule has 0 unspecified atom stereocenters. The summed E-state index contributed by atoms with van der Waals surface area (Å²) in [6.45, 7) is 1.85. The van der Waals surface area contributed by atoms with Gasteiger partial charge in [-0.05, 0) is 28.8 Å². The zero-order valence-corrected chi connectivity index (χ0v) is 17.6. The second kappa shape index (κ2) is 10.1. The number of aromatic carboxylic acids is 1. The average molecular weight is 377 g/mol. The van der Waals surface area contributed by atoms with Gasteiger partial charge in [-0.25, -0.2) is 9.37 Å². The molecule has 0 bridgehead atoms. The Bertz CT molecular complexity index is 848. The van der Waals surface area contributed by atoms with Crippen LogP contribution in [0.25, 0.3) is 0 Å². The molecule has 0 amide bonds. The maximum Gasteiger partial charge on any atom is 1.00 e. The number of carbonyl (C=O) groups excluding carboxylic acids is 1. The van der Waals surface area contributed by atoms with E-state index in [1.807, 2.05) is 10.8 Å². The number of aromatic nitrogens is 2. The van der Waals surface area contributed by atoms with Gasteiger partial charge >= 0.3 is 51.4 Å². The van der Waals surface area contributed by atoms with Crippen LogP contribution in [0.5, 0.6) is 0 Å². The van der Waals surface area contributed by atoms with Crippen molar-refractivity contribution in [2.75, 3.05) is 0 Å². The van der Waals surface area contributed by atoms with Crippen LogP contribution in [0, 0.1) is 5.82 Å². The third kappa shape index (κ3) is 6.12. The fourth-order valence-corrected chi connectivity index (χ4v) is 2.48. The number of carboxylic acid groups (broad SMARTS) is 1. The van der Waals surface area contributed by atoms with E-state index in [2.05, 4.69) is 10.3 Å². The fourth-order valence-electron chi connectivity index (χ4n) is 2.48. The Kier molecular flexibility index (Phi) is 8.14. The number of carboxylic acids is 1. The van der Waals surface area contributed by atoms with Crippen LogP contribution < -0.4 is 61.8 Å². The van der Waals surface area contributed by atoms with Gasteiger partial charge in [-0.2, -0.15) is 0 Å². The molecule has 0 fully saturated rings. The molecule has 2 aromatic carbocycles. The van der Waals surface area contributed by atoms with Crippen LogP contribution in [-0.2, 0) is 19.6 Å². The van der Waals surface area contributed by atoms with Crippen LogP contribution in [0.2, 0.25) is 0 Å². The molecule has 3 aromatic rings. The largest absolute Gasteiger partial charge is 1.00 e. The summed E-state index contributed by atoms with van der Waals surface area (Å²) in [5, 5.41) is 14.0. The summed E-state index contributed by atoms with van der Waals surface area (Å²) >= 11 is 0. The number of hydrogen-bond donors (Lipinski definition) is 1. The molecule has 0 aliphatic heterocycles. The van der Waals surface area contributed by atoms with E-state index < -0.39 is 5.97 Å². The SMILES string of the molecule is O=C([O-])c1ccc(Cn2cnc(CNCc3ccc(F)cc3)c2)cc1.[K+]. The summed E-state index contributed by atoms with van der Waals surface area (Å²) in [6, 6.07) is 13.0. The molecule has 5 nitrogen and oxygen atoms in total. The zero-order valence-electron chi connectivity index (χ0n) is 14.5. The number of halogens is 1. The van der Waals surface area contributed by atoms with E-state index in [0.29, 0.717) is 19.6 Å². The van der Waals surface area contributed by atoms with Crippen molar-refractivity contribution in [1.82, 2.24) is 14.9 Å². The van der Waals surface area contributed by atoms with Crippen LogP contribution in [0.1, 0.15) is 27.2 Å². The first-order valence-electron chi connectivity index (χ1n) is 7.86. The Hall–Kier alpha value is -1.35. The number of rotatable bonds is 7. The van der Waals surface area contributed by atoms with Gasteiger partial charge in [0.2, 0.25) is 0 Å². The molecule has 0 aliphatic carbocycles. The van der Waals surface area contributed by atoms with E-state index in [-0.39, 0.29) is 62.8 Å². The molecule has 3 rings (SSSR count). The summed E-state index contributed by atoms with van der Waals surface area (Å²) in [5.41, 5.74) is 3.05. The second-order valence-corrected chi connectivity index (χ2v) is 5.75. The summed E-state index contributed by atoms with van der Waals surface area (Å²) in [4.78, 5) is 15.1. The molecule has 1 aromatic heterocycles. The number of nitrogens with zero attached hydrogens (tertiary/aromatic N) is 2. The van der Waals surface area contributed by atoms with Crippen molar-refractivity contribution in [3.63, 3.8) is 0 Å². The van der Waals surface area contributed by atoms with Gasteiger partial charge in [0.25, 0.3) is 0 Å². The van der Waals surface area contributed by atoms with Gasteiger partial charge in [-0.3, -0.25) is 0 Å². The van der Waals surface area contributed by atoms with Crippen molar-refractivity contribution in [1.29, 1.82) is 0 Å². The van der Waals surface area contributed by atoms with Gasteiger partial charge in [0.05, 0.1) is 18.0 Å². The van der Waals surface area contributed by atoms with E-state index in [4.69, 9.17) is 0 Å². The maximum atomic E-state index is 12.9. The van der Waals surface area contributed by atoms with Gasteiger partial charge in [-0.1, -0.05) is 36.4 Å². The van der Waals surface area contributed by atoms with Crippen molar-refractivity contribution in [2.24, 2.45) is 0 Å². The molecular formula is C19H17FKN3O2. The maximum absolute atomic E-state index is 12.9. The molecule has 0 saturated heterocycles. The minimum Gasteiger partial charge on any atom is -0.545 e. The van der Waals surface area contributed by atoms with Crippen LogP contribution in [0.3, 0.4) is 0 Å². The first kappa shape index (κ1) is 21.0. The molecule has 0 aliphatic rings. The molecule has 128 valence electrons. The monoisotopic (exact) mass is 377 g/mol. The standard InChI is InChI=1S/C19H18FN3O2.K/c20-17-7-3-14(4-8-17)9-21-10-18-12-23(13-22-18)11-15-1-5-16(6-2-15)19(24)25;/h1-8,12-13,21H,9-11H2,(H,24,25);/q;+1/p-1. The third-order valence-electron chi connectivity index (χ3n) is 3.79. The van der Waals surface area contributed by atoms with Crippen molar-refractivity contribution in [3.05, 3.63) is 89.3 Å². The van der Waals surface area contributed by atoms with E-state index in [1.165, 1.54) is 24.3 Å². The molecule has 0 atom stereocenters. The summed E-state index contributed by atoms with van der Waals surface area (Å²) in [6.07, 6.45) is 3.67. The number of benzene rings is 2. The van der Waals surface area contributed by atoms with Crippen molar-refractivity contribution in [2.45, 2.75) is 19.6 Å². The van der Waals surface area contributed by atoms with Crippen LogP contribution in [0.4, 0.5) is 4.39 Å². The number of hydrogen-bond acceptors (Lipinski definition) is 4. The number of carbonyl (C=O) groups is 1. The third-order valence-corrected chi connectivity index (χ3v) is 3.79. The molecule has 0 saturated carbocycles. The van der Waals surface area contributed by atoms with E-state index in [9.17, 15) is 14.3 Å². The van der Waals surface area contributed by atoms with Gasteiger partial charge in [-0.15, -0.1) is 0 Å². The van der Waals surface area contributed by atoms with E-state index in [0.717, 1.165) is 16.8 Å². The van der Waals surface area contributed by atoms with Crippen molar-refractivity contribution < 1.29 is 65.7 Å². The minimum absolute atomic E-state index is 0. The Balaban J connectivity index is 0.00000243. The van der Waals surface area contributed by atoms with Crippen LogP contribution >= 0.6 is 0 Å². The summed E-state index contributed by atoms with van der Waals surface area (Å²) in [7, 11) is 0. The number of imidazole rings is 1. The fraction of sp³-hybridized carbons (Fsp3) is 0.158. The quantitative estimate of drug-likeness (QED) is 0.521. The van der Waals surface area contributed by atoms with Crippen molar-refractivity contribution >= 4 is 5.97 Å². The van der Waals surface area contributed by atoms with Crippen LogP contribution in [-0.4, -0.2) is 15.5 Å². The smallest absolute Gasteiger partial charge is 0.545 e. The second-order valence-electron chi connectivity index (χ2n) is 5.75. The van der Waals surface area contributed by atoms with Gasteiger partial charge in [0.1, 0.15) is 5.82 Å².